The van der Waals surface area contributed by atoms with Gasteiger partial charge >= 0.3 is 0 Å². The number of rotatable bonds is 10. The van der Waals surface area contributed by atoms with Gasteiger partial charge in [0.25, 0.3) is 0 Å². The van der Waals surface area contributed by atoms with Crippen LogP contribution < -0.4 is 0 Å². The Labute approximate surface area is 175 Å². The lowest BCUT2D eigenvalue weighted by atomic mass is 10.4. The molecule has 0 spiro atoms. The molecule has 0 radical (unpaired) electrons. The van der Waals surface area contributed by atoms with Gasteiger partial charge in [-0.3, -0.25) is 0 Å². The molecule has 0 aromatic rings. The van der Waals surface area contributed by atoms with Crippen molar-refractivity contribution in [3.05, 3.63) is 10.4 Å². The molecule has 0 aliphatic carbocycles. The van der Waals surface area contributed by atoms with Crippen molar-refractivity contribution >= 4 is 22.3 Å². The Morgan fingerprint density at radius 2 is 0.667 bits per heavy atom. The van der Waals surface area contributed by atoms with E-state index in [2.05, 4.69) is 107 Å². The van der Waals surface area contributed by atoms with E-state index >= 15 is 0 Å². The first-order valence-corrected chi connectivity index (χ1v) is 20.5. The summed E-state index contributed by atoms with van der Waals surface area (Å²) in [6, 6.07) is 0. The third-order valence-electron chi connectivity index (χ3n) is 8.95. The monoisotopic (exact) mass is 424 g/mol. The summed E-state index contributed by atoms with van der Waals surface area (Å²) in [5, 5.41) is 4.19. The van der Waals surface area contributed by atoms with Gasteiger partial charge in [0.15, 0.2) is 0 Å². The van der Waals surface area contributed by atoms with Crippen molar-refractivity contribution in [1.29, 1.82) is 0 Å². The van der Waals surface area contributed by atoms with Crippen LogP contribution in [0.15, 0.2) is 10.4 Å². The predicted octanol–water partition coefficient (Wildman–Crippen LogP) is 9.16. The minimum atomic E-state index is -1.54. The van der Waals surface area contributed by atoms with Crippen LogP contribution in [0.25, 0.3) is 0 Å². The van der Waals surface area contributed by atoms with Crippen molar-refractivity contribution in [3.63, 3.8) is 0 Å². The predicted molar refractivity (Wildman–Crippen MR) is 135 cm³/mol. The second-order valence-corrected chi connectivity index (χ2v) is 35.8. The van der Waals surface area contributed by atoms with Crippen molar-refractivity contribution in [2.75, 3.05) is 0 Å². The van der Waals surface area contributed by atoms with E-state index < -0.39 is 22.3 Å². The maximum absolute atomic E-state index is 2.64. The Bertz CT molecular complexity index is 446. The lowest BCUT2D eigenvalue weighted by Gasteiger charge is -2.62. The first-order valence-electron chi connectivity index (χ1n) is 12.0. The summed E-state index contributed by atoms with van der Waals surface area (Å²) in [6.07, 6.45) is 2.72. The molecule has 0 saturated carbocycles. The molecule has 0 nitrogen and oxygen atoms in total. The third-order valence-corrected chi connectivity index (χ3v) is 55.5. The molecule has 160 valence electrons. The van der Waals surface area contributed by atoms with E-state index in [-0.39, 0.29) is 0 Å². The molecule has 0 bridgehead atoms. The summed E-state index contributed by atoms with van der Waals surface area (Å²) in [7, 11) is -4.56. The molecule has 1 heterocycles. The molecular formula is C24H52Si3. The van der Waals surface area contributed by atoms with E-state index in [0.29, 0.717) is 0 Å². The van der Waals surface area contributed by atoms with Gasteiger partial charge in [-0.05, 0) is 12.8 Å². The van der Waals surface area contributed by atoms with E-state index in [1.807, 2.05) is 0 Å². The molecule has 27 heavy (non-hydrogen) atoms. The van der Waals surface area contributed by atoms with E-state index in [1.54, 1.807) is 0 Å². The maximum atomic E-state index is 2.64. The molecule has 0 saturated heterocycles. The molecule has 1 aliphatic rings. The van der Waals surface area contributed by atoms with Crippen LogP contribution in [0.3, 0.4) is 0 Å². The highest BCUT2D eigenvalue weighted by molar-refractivity contribution is 7.79. The fourth-order valence-corrected chi connectivity index (χ4v) is 78.7. The summed E-state index contributed by atoms with van der Waals surface area (Å²) < 4.78 is 0. The first-order chi connectivity index (χ1) is 12.3. The molecule has 3 heteroatoms. The molecule has 1 aliphatic heterocycles. The van der Waals surface area contributed by atoms with Gasteiger partial charge in [-0.1, -0.05) is 141 Å². The standard InChI is InChI=1S/C24H52Si3/c1-15-23-24(16-2)27(23,25(17(3)4,18(5)6)19(7)8)26(20(9)10,21(11)12)22(13)14/h17-22H,15-16H2,1-14H3. The van der Waals surface area contributed by atoms with Crippen LogP contribution in [0.1, 0.15) is 110 Å². The van der Waals surface area contributed by atoms with Gasteiger partial charge in [0.05, 0.1) is 22.3 Å². The molecule has 0 aromatic carbocycles. The van der Waals surface area contributed by atoms with Gasteiger partial charge in [-0.2, -0.15) is 0 Å². The number of hydrogen-bond donors (Lipinski definition) is 0. The van der Waals surface area contributed by atoms with Crippen molar-refractivity contribution in [3.8, 4) is 0 Å². The van der Waals surface area contributed by atoms with Crippen molar-refractivity contribution in [2.45, 2.75) is 143 Å². The molecule has 0 unspecified atom stereocenters. The van der Waals surface area contributed by atoms with Crippen LogP contribution >= 0.6 is 0 Å². The summed E-state index contributed by atoms with van der Waals surface area (Å²) in [5.41, 5.74) is 5.40. The van der Waals surface area contributed by atoms with Gasteiger partial charge in [0.1, 0.15) is 0 Å². The largest absolute Gasteiger partial charge is 0.0954 e. The van der Waals surface area contributed by atoms with Crippen LogP contribution in [0.4, 0.5) is 0 Å². The fraction of sp³-hybridized carbons (Fsp3) is 0.917. The molecule has 0 aromatic heterocycles. The Balaban J connectivity index is 4.13. The molecule has 1 rings (SSSR count). The summed E-state index contributed by atoms with van der Waals surface area (Å²) in [6.45, 7) is 36.7. The Morgan fingerprint density at radius 1 is 0.481 bits per heavy atom. The van der Waals surface area contributed by atoms with Gasteiger partial charge < -0.3 is 0 Å². The average molecular weight is 425 g/mol. The van der Waals surface area contributed by atoms with Crippen LogP contribution in [-0.4, -0.2) is 22.3 Å². The number of allylic oxidation sites excluding steroid dienone is 2. The van der Waals surface area contributed by atoms with Gasteiger partial charge in [-0.25, -0.2) is 0 Å². The van der Waals surface area contributed by atoms with Gasteiger partial charge in [0.2, 0.25) is 0 Å². The summed E-state index contributed by atoms with van der Waals surface area (Å²) >= 11 is 0. The van der Waals surface area contributed by atoms with Crippen molar-refractivity contribution < 1.29 is 0 Å². The maximum Gasteiger partial charge on any atom is 0.0954 e. The highest BCUT2D eigenvalue weighted by atomic mass is 29.6. The SMILES string of the molecule is CCC1=C(CC)[Si]1([Si](C(C)C)(C(C)C)C(C)C)[Si](C(C)C)(C(C)C)C(C)C. The number of hydrogen-bond acceptors (Lipinski definition) is 0. The smallest absolute Gasteiger partial charge is 0.0857 e. The van der Waals surface area contributed by atoms with Crippen molar-refractivity contribution in [1.82, 2.24) is 0 Å². The van der Waals surface area contributed by atoms with E-state index in [9.17, 15) is 0 Å². The molecule has 0 amide bonds. The lowest BCUT2D eigenvalue weighted by molar-refractivity contribution is 0.827. The highest BCUT2D eigenvalue weighted by Gasteiger charge is 2.79. The van der Waals surface area contributed by atoms with Gasteiger partial charge in [-0.15, -0.1) is 0 Å². The van der Waals surface area contributed by atoms with Crippen LogP contribution in [0.5, 0.6) is 0 Å². The Morgan fingerprint density at radius 3 is 0.778 bits per heavy atom. The Hall–Kier alpha value is 0.391. The minimum Gasteiger partial charge on any atom is -0.0857 e. The fourth-order valence-electron chi connectivity index (χ4n) is 9.37. The van der Waals surface area contributed by atoms with Crippen LogP contribution in [0, 0.1) is 0 Å². The highest BCUT2D eigenvalue weighted by Crippen LogP contribution is 2.69. The lowest BCUT2D eigenvalue weighted by Crippen LogP contribution is -2.79. The first kappa shape index (κ1) is 25.4. The zero-order valence-electron chi connectivity index (χ0n) is 21.4. The quantitative estimate of drug-likeness (QED) is 0.306. The molecular weight excluding hydrogens is 373 g/mol. The summed E-state index contributed by atoms with van der Waals surface area (Å²) in [5.74, 6) is 0. The van der Waals surface area contributed by atoms with E-state index in [4.69, 9.17) is 0 Å². The summed E-state index contributed by atoms with van der Waals surface area (Å²) in [4.78, 5) is 0. The zero-order valence-corrected chi connectivity index (χ0v) is 24.4. The van der Waals surface area contributed by atoms with Crippen molar-refractivity contribution in [2.24, 2.45) is 0 Å². The van der Waals surface area contributed by atoms with E-state index in [0.717, 1.165) is 33.2 Å². The van der Waals surface area contributed by atoms with Crippen LogP contribution in [-0.2, 0) is 0 Å². The minimum absolute atomic E-state index is 0.901. The Kier molecular flexibility index (Phi) is 8.13. The normalized spacial score (nSPS) is 18.2. The second kappa shape index (κ2) is 8.63. The molecule has 0 atom stereocenters. The van der Waals surface area contributed by atoms with Gasteiger partial charge in [0, 0.05) is 0 Å². The topological polar surface area (TPSA) is 0 Å². The second-order valence-electron chi connectivity index (χ2n) is 11.2. The zero-order chi connectivity index (χ0) is 21.5. The van der Waals surface area contributed by atoms with E-state index in [1.165, 1.54) is 12.8 Å². The average Bonchev–Trinajstić information content (AvgIpc) is 3.14. The third kappa shape index (κ3) is 3.00. The molecule has 0 fully saturated rings. The van der Waals surface area contributed by atoms with Crippen LogP contribution in [0.2, 0.25) is 33.2 Å². The molecule has 0 N–H and O–H groups in total.